The Morgan fingerprint density at radius 1 is 0.865 bits per heavy atom. The van der Waals surface area contributed by atoms with E-state index >= 15 is 0 Å². The van der Waals surface area contributed by atoms with Gasteiger partial charge in [-0.05, 0) is 25.0 Å². The van der Waals surface area contributed by atoms with Gasteiger partial charge in [0.05, 0.1) is 0 Å². The minimum Gasteiger partial charge on any atom is -0.465 e. The van der Waals surface area contributed by atoms with Gasteiger partial charge in [0, 0.05) is 13.0 Å². The van der Waals surface area contributed by atoms with Crippen molar-refractivity contribution in [1.29, 1.82) is 0 Å². The fourth-order valence-electron chi connectivity index (χ4n) is 3.25. The lowest BCUT2D eigenvalue weighted by molar-refractivity contribution is -0.151. The number of benzene rings is 2. The first-order chi connectivity index (χ1) is 17.5. The minimum atomic E-state index is -1.33. The van der Waals surface area contributed by atoms with Crippen molar-refractivity contribution in [3.05, 3.63) is 71.8 Å². The number of carbonyl (C=O) groups is 6. The fourth-order valence-corrected chi connectivity index (χ4v) is 3.25. The number of nitrogens with zero attached hydrogens (tertiary/aromatic N) is 2. The number of rotatable bonds is 11. The lowest BCUT2D eigenvalue weighted by Gasteiger charge is -2.28. The molecule has 2 aromatic carbocycles. The largest absolute Gasteiger partial charge is 0.465 e. The standard InChI is InChI=1S/C25H29N5O7/c1-16(27-23(34)17(2)29(25(36)37)14-19-11-7-4-8-12-19)22(33)28-30(15-21(26)32)24(35)20(31)13-18-9-5-3-6-10-18/h3-12,16-17H,13-15H2,1-2H3,(H2,26,32)(H,27,34)(H,28,33)(H,36,37). The molecule has 2 atom stereocenters. The van der Waals surface area contributed by atoms with Crippen molar-refractivity contribution >= 4 is 35.5 Å². The molecule has 0 bridgehead atoms. The number of nitrogens with one attached hydrogen (secondary N) is 2. The van der Waals surface area contributed by atoms with E-state index in [4.69, 9.17) is 5.73 Å². The molecule has 0 aliphatic heterocycles. The van der Waals surface area contributed by atoms with Crippen LogP contribution < -0.4 is 16.5 Å². The van der Waals surface area contributed by atoms with Gasteiger partial charge in [-0.15, -0.1) is 0 Å². The smallest absolute Gasteiger partial charge is 0.408 e. The first kappa shape index (κ1) is 28.5. The molecule has 0 aliphatic carbocycles. The first-order valence-electron chi connectivity index (χ1n) is 11.3. The number of carboxylic acid groups (broad SMARTS) is 1. The zero-order valence-corrected chi connectivity index (χ0v) is 20.4. The molecule has 5 amide bonds. The summed E-state index contributed by atoms with van der Waals surface area (Å²) >= 11 is 0. The third-order valence-electron chi connectivity index (χ3n) is 5.29. The predicted molar refractivity (Wildman–Crippen MR) is 131 cm³/mol. The summed E-state index contributed by atoms with van der Waals surface area (Å²) in [6.45, 7) is 1.82. The van der Waals surface area contributed by atoms with E-state index in [9.17, 15) is 33.9 Å². The molecule has 0 saturated carbocycles. The molecule has 196 valence electrons. The van der Waals surface area contributed by atoms with Gasteiger partial charge in [-0.25, -0.2) is 9.80 Å². The number of hydrogen-bond donors (Lipinski definition) is 4. The van der Waals surface area contributed by atoms with Crippen LogP contribution in [0.15, 0.2) is 60.7 Å². The predicted octanol–water partition coefficient (Wildman–Crippen LogP) is 0.217. The van der Waals surface area contributed by atoms with Gasteiger partial charge in [0.1, 0.15) is 18.6 Å². The van der Waals surface area contributed by atoms with Crippen LogP contribution in [0.5, 0.6) is 0 Å². The van der Waals surface area contributed by atoms with E-state index in [1.165, 1.54) is 13.8 Å². The molecule has 0 fully saturated rings. The number of Topliss-reactive ketones (excluding diaryl/α,β-unsaturated/α-hetero) is 1. The second-order valence-electron chi connectivity index (χ2n) is 8.22. The number of nitrogens with two attached hydrogens (primary N) is 1. The summed E-state index contributed by atoms with van der Waals surface area (Å²) < 4.78 is 0. The molecule has 37 heavy (non-hydrogen) atoms. The summed E-state index contributed by atoms with van der Waals surface area (Å²) in [5.41, 5.74) is 8.50. The maximum atomic E-state index is 12.7. The Kier molecular flexibility index (Phi) is 10.3. The molecule has 0 spiro atoms. The molecule has 0 aromatic heterocycles. The summed E-state index contributed by atoms with van der Waals surface area (Å²) in [5.74, 6) is -4.73. The van der Waals surface area contributed by atoms with Crippen LogP contribution in [-0.4, -0.2) is 69.1 Å². The number of hydrazine groups is 1. The minimum absolute atomic E-state index is 0.0598. The molecular formula is C25H29N5O7. The van der Waals surface area contributed by atoms with Crippen molar-refractivity contribution in [3.8, 4) is 0 Å². The van der Waals surface area contributed by atoms with Crippen LogP contribution in [0.2, 0.25) is 0 Å². The Morgan fingerprint density at radius 2 is 1.41 bits per heavy atom. The van der Waals surface area contributed by atoms with E-state index in [0.717, 1.165) is 4.90 Å². The Bertz CT molecular complexity index is 1140. The third-order valence-corrected chi connectivity index (χ3v) is 5.29. The molecule has 0 aliphatic rings. The van der Waals surface area contributed by atoms with Crippen LogP contribution in [0.4, 0.5) is 4.79 Å². The summed E-state index contributed by atoms with van der Waals surface area (Å²) in [6, 6.07) is 14.6. The third kappa shape index (κ3) is 8.76. The first-order valence-corrected chi connectivity index (χ1v) is 11.3. The van der Waals surface area contributed by atoms with Crippen molar-refractivity contribution < 1.29 is 33.9 Å². The highest BCUT2D eigenvalue weighted by atomic mass is 16.4. The van der Waals surface area contributed by atoms with Gasteiger partial charge in [0.15, 0.2) is 0 Å². The molecule has 12 heteroatoms. The molecule has 2 aromatic rings. The van der Waals surface area contributed by atoms with Gasteiger partial charge in [-0.1, -0.05) is 60.7 Å². The molecule has 2 unspecified atom stereocenters. The van der Waals surface area contributed by atoms with Crippen LogP contribution in [0.1, 0.15) is 25.0 Å². The van der Waals surface area contributed by atoms with Crippen LogP contribution >= 0.6 is 0 Å². The van der Waals surface area contributed by atoms with E-state index < -0.39 is 54.1 Å². The molecule has 2 rings (SSSR count). The number of amides is 5. The highest BCUT2D eigenvalue weighted by Gasteiger charge is 2.30. The van der Waals surface area contributed by atoms with Gasteiger partial charge in [-0.2, -0.15) is 0 Å². The zero-order valence-electron chi connectivity index (χ0n) is 20.4. The van der Waals surface area contributed by atoms with Gasteiger partial charge in [0.25, 0.3) is 5.91 Å². The molecular weight excluding hydrogens is 482 g/mol. The monoisotopic (exact) mass is 511 g/mol. The van der Waals surface area contributed by atoms with Gasteiger partial charge in [-0.3, -0.25) is 34.3 Å². The highest BCUT2D eigenvalue weighted by Crippen LogP contribution is 2.09. The maximum Gasteiger partial charge on any atom is 0.408 e. The zero-order chi connectivity index (χ0) is 27.5. The van der Waals surface area contributed by atoms with Crippen LogP contribution in [0.3, 0.4) is 0 Å². The fraction of sp³-hybridized carbons (Fsp3) is 0.280. The SMILES string of the molecule is CC(NC(=O)C(C)N(Cc1ccccc1)C(=O)O)C(=O)NN(CC(N)=O)C(=O)C(=O)Cc1ccccc1. The van der Waals surface area contributed by atoms with E-state index in [-0.39, 0.29) is 13.0 Å². The maximum absolute atomic E-state index is 12.7. The summed E-state index contributed by atoms with van der Waals surface area (Å²) in [6.07, 6.45) is -1.60. The van der Waals surface area contributed by atoms with Crippen LogP contribution in [0, 0.1) is 0 Å². The topological polar surface area (TPSA) is 179 Å². The van der Waals surface area contributed by atoms with Crippen molar-refractivity contribution in [2.75, 3.05) is 6.54 Å². The number of carbonyl (C=O) groups excluding carboxylic acids is 5. The molecule has 0 saturated heterocycles. The lowest BCUT2D eigenvalue weighted by atomic mass is 10.1. The van der Waals surface area contributed by atoms with Crippen LogP contribution in [0.25, 0.3) is 0 Å². The summed E-state index contributed by atoms with van der Waals surface area (Å²) in [5, 5.41) is 12.4. The summed E-state index contributed by atoms with van der Waals surface area (Å²) in [7, 11) is 0. The van der Waals surface area contributed by atoms with Gasteiger partial charge in [0.2, 0.25) is 17.6 Å². The van der Waals surface area contributed by atoms with Gasteiger partial charge < -0.3 is 16.2 Å². The van der Waals surface area contributed by atoms with Crippen molar-refractivity contribution in [2.45, 2.75) is 38.9 Å². The van der Waals surface area contributed by atoms with Crippen molar-refractivity contribution in [1.82, 2.24) is 20.7 Å². The summed E-state index contributed by atoms with van der Waals surface area (Å²) in [4.78, 5) is 74.5. The second-order valence-corrected chi connectivity index (χ2v) is 8.22. The number of ketones is 1. The number of primary amides is 1. The normalized spacial score (nSPS) is 11.9. The van der Waals surface area contributed by atoms with E-state index in [1.807, 2.05) is 0 Å². The van der Waals surface area contributed by atoms with Crippen molar-refractivity contribution in [2.24, 2.45) is 5.73 Å². The van der Waals surface area contributed by atoms with E-state index in [0.29, 0.717) is 16.1 Å². The average molecular weight is 512 g/mol. The quantitative estimate of drug-likeness (QED) is 0.246. The lowest BCUT2D eigenvalue weighted by Crippen LogP contribution is -2.58. The number of hydrogen-bond acceptors (Lipinski definition) is 6. The second kappa shape index (κ2) is 13.4. The Balaban J connectivity index is 2.03. The van der Waals surface area contributed by atoms with Gasteiger partial charge >= 0.3 is 12.0 Å². The Morgan fingerprint density at radius 3 is 1.92 bits per heavy atom. The van der Waals surface area contributed by atoms with E-state index in [1.54, 1.807) is 60.7 Å². The molecule has 12 nitrogen and oxygen atoms in total. The molecule has 5 N–H and O–H groups in total. The van der Waals surface area contributed by atoms with E-state index in [2.05, 4.69) is 10.7 Å². The molecule has 0 radical (unpaired) electrons. The highest BCUT2D eigenvalue weighted by molar-refractivity contribution is 6.36. The van der Waals surface area contributed by atoms with Crippen LogP contribution in [-0.2, 0) is 36.9 Å². The Labute approximate surface area is 213 Å². The average Bonchev–Trinajstić information content (AvgIpc) is 2.86. The van der Waals surface area contributed by atoms with Crippen molar-refractivity contribution in [3.63, 3.8) is 0 Å². The Hall–Kier alpha value is -4.74. The molecule has 0 heterocycles.